The van der Waals surface area contributed by atoms with Gasteiger partial charge in [-0.15, -0.1) is 0 Å². The van der Waals surface area contributed by atoms with Gasteiger partial charge in [0.15, 0.2) is 17.4 Å². The van der Waals surface area contributed by atoms with E-state index in [0.29, 0.717) is 13.2 Å². The van der Waals surface area contributed by atoms with Crippen molar-refractivity contribution in [2.45, 2.75) is 38.6 Å². The summed E-state index contributed by atoms with van der Waals surface area (Å²) in [6.07, 6.45) is 0. The monoisotopic (exact) mass is 283 g/mol. The first kappa shape index (κ1) is 15.2. The van der Waals surface area contributed by atoms with Crippen LogP contribution in [0.5, 0.6) is 5.75 Å². The molecule has 1 aliphatic rings. The van der Waals surface area contributed by atoms with Crippen molar-refractivity contribution in [2.75, 3.05) is 20.3 Å². The van der Waals surface area contributed by atoms with E-state index >= 15 is 0 Å². The second-order valence-electron chi connectivity index (χ2n) is 5.50. The van der Waals surface area contributed by atoms with Crippen molar-refractivity contribution in [1.29, 1.82) is 0 Å². The lowest BCUT2D eigenvalue weighted by molar-refractivity contribution is -0.253. The highest BCUT2D eigenvalue weighted by atomic mass is 19.1. The molecule has 112 valence electrons. The Kier molecular flexibility index (Phi) is 4.62. The highest BCUT2D eigenvalue weighted by molar-refractivity contribution is 5.30. The van der Waals surface area contributed by atoms with Gasteiger partial charge in [-0.3, -0.25) is 0 Å². The molecule has 0 amide bonds. The lowest BCUT2D eigenvalue weighted by atomic mass is 10.1. The van der Waals surface area contributed by atoms with Gasteiger partial charge < -0.3 is 19.5 Å². The highest BCUT2D eigenvalue weighted by Gasteiger charge is 2.29. The standard InChI is InChI=1S/C15H22FNO3/c1-10(11-5-6-14(18-4)13(16)7-11)17-12-8-19-15(2,3)20-9-12/h5-7,10,12,17H,8-9H2,1-4H3. The van der Waals surface area contributed by atoms with E-state index in [1.54, 1.807) is 6.07 Å². The molecule has 1 N–H and O–H groups in total. The molecule has 0 saturated carbocycles. The number of methoxy groups -OCH3 is 1. The number of halogens is 1. The maximum atomic E-state index is 13.7. The molecule has 20 heavy (non-hydrogen) atoms. The lowest BCUT2D eigenvalue weighted by Gasteiger charge is -2.36. The van der Waals surface area contributed by atoms with Gasteiger partial charge in [0.1, 0.15) is 0 Å². The maximum absolute atomic E-state index is 13.7. The molecule has 0 bridgehead atoms. The first-order chi connectivity index (χ1) is 9.41. The maximum Gasteiger partial charge on any atom is 0.165 e. The number of nitrogens with one attached hydrogen (secondary N) is 1. The van der Waals surface area contributed by atoms with E-state index in [2.05, 4.69) is 5.32 Å². The summed E-state index contributed by atoms with van der Waals surface area (Å²) < 4.78 is 29.8. The average Bonchev–Trinajstić information content (AvgIpc) is 2.41. The van der Waals surface area contributed by atoms with Gasteiger partial charge in [-0.25, -0.2) is 4.39 Å². The molecule has 2 rings (SSSR count). The van der Waals surface area contributed by atoms with E-state index in [1.807, 2.05) is 26.8 Å². The molecule has 5 heteroatoms. The number of benzene rings is 1. The molecule has 1 fully saturated rings. The minimum Gasteiger partial charge on any atom is -0.494 e. The third-order valence-corrected chi connectivity index (χ3v) is 3.43. The molecule has 1 saturated heterocycles. The molecule has 0 aromatic heterocycles. The summed E-state index contributed by atoms with van der Waals surface area (Å²) in [6, 6.07) is 5.09. The quantitative estimate of drug-likeness (QED) is 0.922. The van der Waals surface area contributed by atoms with Crippen LogP contribution in [0.4, 0.5) is 4.39 Å². The Labute approximate surface area is 119 Å². The van der Waals surface area contributed by atoms with Crippen molar-refractivity contribution in [3.05, 3.63) is 29.6 Å². The summed E-state index contributed by atoms with van der Waals surface area (Å²) in [4.78, 5) is 0. The zero-order valence-corrected chi connectivity index (χ0v) is 12.4. The second-order valence-corrected chi connectivity index (χ2v) is 5.50. The molecular formula is C15H22FNO3. The van der Waals surface area contributed by atoms with E-state index in [1.165, 1.54) is 13.2 Å². The molecule has 1 aliphatic heterocycles. The predicted molar refractivity (Wildman–Crippen MR) is 74.3 cm³/mol. The zero-order chi connectivity index (χ0) is 14.8. The summed E-state index contributed by atoms with van der Waals surface area (Å²) in [5.74, 6) is -0.615. The molecule has 1 unspecified atom stereocenters. The largest absolute Gasteiger partial charge is 0.494 e. The molecule has 4 nitrogen and oxygen atoms in total. The van der Waals surface area contributed by atoms with Crippen molar-refractivity contribution in [1.82, 2.24) is 5.32 Å². The van der Waals surface area contributed by atoms with Crippen molar-refractivity contribution in [3.63, 3.8) is 0 Å². The average molecular weight is 283 g/mol. The van der Waals surface area contributed by atoms with Gasteiger partial charge in [-0.2, -0.15) is 0 Å². The molecule has 0 spiro atoms. The van der Waals surface area contributed by atoms with Gasteiger partial charge in [-0.05, 0) is 38.5 Å². The van der Waals surface area contributed by atoms with Crippen LogP contribution in [0.3, 0.4) is 0 Å². The summed E-state index contributed by atoms with van der Waals surface area (Å²) in [6.45, 7) is 6.93. The second kappa shape index (κ2) is 6.08. The Bertz CT molecular complexity index is 454. The fourth-order valence-corrected chi connectivity index (χ4v) is 2.19. The van der Waals surface area contributed by atoms with Crippen LogP contribution in [0.25, 0.3) is 0 Å². The van der Waals surface area contributed by atoms with Gasteiger partial charge >= 0.3 is 0 Å². The van der Waals surface area contributed by atoms with Crippen LogP contribution in [0.15, 0.2) is 18.2 Å². The van der Waals surface area contributed by atoms with Crippen molar-refractivity contribution in [2.24, 2.45) is 0 Å². The molecule has 1 aromatic carbocycles. The van der Waals surface area contributed by atoms with Crippen LogP contribution in [0, 0.1) is 5.82 Å². The smallest absolute Gasteiger partial charge is 0.165 e. The Morgan fingerprint density at radius 3 is 2.55 bits per heavy atom. The van der Waals surface area contributed by atoms with Crippen LogP contribution in [0.2, 0.25) is 0 Å². The van der Waals surface area contributed by atoms with Crippen molar-refractivity contribution < 1.29 is 18.6 Å². The Morgan fingerprint density at radius 1 is 1.35 bits per heavy atom. The number of ether oxygens (including phenoxy) is 3. The zero-order valence-electron chi connectivity index (χ0n) is 12.4. The first-order valence-electron chi connectivity index (χ1n) is 6.78. The summed E-state index contributed by atoms with van der Waals surface area (Å²) in [7, 11) is 1.46. The Hall–Kier alpha value is -1.17. The number of rotatable bonds is 4. The third-order valence-electron chi connectivity index (χ3n) is 3.43. The molecule has 0 aliphatic carbocycles. The summed E-state index contributed by atoms with van der Waals surface area (Å²) >= 11 is 0. The molecule has 1 heterocycles. The number of hydrogen-bond donors (Lipinski definition) is 1. The van der Waals surface area contributed by atoms with Gasteiger partial charge in [0, 0.05) is 6.04 Å². The van der Waals surface area contributed by atoms with Gasteiger partial charge in [0.05, 0.1) is 26.4 Å². The van der Waals surface area contributed by atoms with Gasteiger partial charge in [-0.1, -0.05) is 6.07 Å². The lowest BCUT2D eigenvalue weighted by Crippen LogP contribution is -2.49. The van der Waals surface area contributed by atoms with E-state index in [4.69, 9.17) is 14.2 Å². The van der Waals surface area contributed by atoms with Crippen molar-refractivity contribution in [3.8, 4) is 5.75 Å². The van der Waals surface area contributed by atoms with Crippen LogP contribution in [-0.2, 0) is 9.47 Å². The van der Waals surface area contributed by atoms with Crippen molar-refractivity contribution >= 4 is 0 Å². The summed E-state index contributed by atoms with van der Waals surface area (Å²) in [5.41, 5.74) is 0.869. The molecule has 1 atom stereocenters. The van der Waals surface area contributed by atoms with E-state index in [-0.39, 0.29) is 23.7 Å². The fraction of sp³-hybridized carbons (Fsp3) is 0.600. The van der Waals surface area contributed by atoms with E-state index in [9.17, 15) is 4.39 Å². The van der Waals surface area contributed by atoms with Crippen LogP contribution in [-0.4, -0.2) is 32.2 Å². The first-order valence-corrected chi connectivity index (χ1v) is 6.78. The van der Waals surface area contributed by atoms with Crippen LogP contribution in [0.1, 0.15) is 32.4 Å². The highest BCUT2D eigenvalue weighted by Crippen LogP contribution is 2.23. The Morgan fingerprint density at radius 2 is 2.00 bits per heavy atom. The van der Waals surface area contributed by atoms with Gasteiger partial charge in [0.2, 0.25) is 0 Å². The number of hydrogen-bond acceptors (Lipinski definition) is 4. The minimum atomic E-state index is -0.520. The van der Waals surface area contributed by atoms with Crippen LogP contribution >= 0.6 is 0 Å². The van der Waals surface area contributed by atoms with Gasteiger partial charge in [0.25, 0.3) is 0 Å². The topological polar surface area (TPSA) is 39.7 Å². The van der Waals surface area contributed by atoms with E-state index < -0.39 is 5.79 Å². The van der Waals surface area contributed by atoms with E-state index in [0.717, 1.165) is 5.56 Å². The molecular weight excluding hydrogens is 261 g/mol. The Balaban J connectivity index is 1.95. The van der Waals surface area contributed by atoms with Crippen LogP contribution < -0.4 is 10.1 Å². The predicted octanol–water partition coefficient (Wildman–Crippen LogP) is 2.64. The normalized spacial score (nSPS) is 20.6. The molecule has 1 aromatic rings. The third kappa shape index (κ3) is 3.69. The minimum absolute atomic E-state index is 0.00817. The SMILES string of the molecule is COc1ccc(C(C)NC2COC(C)(C)OC2)cc1F. The summed E-state index contributed by atoms with van der Waals surface area (Å²) in [5, 5.41) is 3.38. The molecule has 0 radical (unpaired) electrons. The fourth-order valence-electron chi connectivity index (χ4n) is 2.19.